The first kappa shape index (κ1) is 16.9. The molecule has 1 fully saturated rings. The van der Waals surface area contributed by atoms with Crippen LogP contribution in [-0.4, -0.2) is 49.8 Å². The largest absolute Gasteiger partial charge is 0.394 e. The van der Waals surface area contributed by atoms with E-state index in [1.807, 2.05) is 0 Å². The molecule has 8 nitrogen and oxygen atoms in total. The normalized spacial score (nSPS) is 26.7. The molecule has 1 aliphatic rings. The Morgan fingerprint density at radius 3 is 2.42 bits per heavy atom. The molecule has 0 bridgehead atoms. The number of hydrogen-bond donors (Lipinski definition) is 4. The standard InChI is InChI=1S/C15H15ClN2O6/c16-7-1-3-8(4-2-7)18-5-9(14(22)17-15(18)23)13-12(21)11(20)10(6-19)24-13/h1-5,10-13,19-21H,6H2,(H,17,22,23)/t10-,11-,12-,13+/m1/s1. The van der Waals surface area contributed by atoms with Crippen LogP contribution in [0.3, 0.4) is 0 Å². The van der Waals surface area contributed by atoms with Crippen LogP contribution in [0.25, 0.3) is 5.69 Å². The summed E-state index contributed by atoms with van der Waals surface area (Å²) in [5.74, 6) is 0. The Morgan fingerprint density at radius 2 is 1.83 bits per heavy atom. The molecule has 128 valence electrons. The lowest BCUT2D eigenvalue weighted by molar-refractivity contribution is -0.0233. The zero-order valence-electron chi connectivity index (χ0n) is 12.3. The lowest BCUT2D eigenvalue weighted by Crippen LogP contribution is -2.35. The van der Waals surface area contributed by atoms with Crippen LogP contribution in [0.5, 0.6) is 0 Å². The minimum atomic E-state index is -1.40. The van der Waals surface area contributed by atoms with E-state index in [-0.39, 0.29) is 5.56 Å². The zero-order chi connectivity index (χ0) is 17.4. The van der Waals surface area contributed by atoms with Gasteiger partial charge in [-0.2, -0.15) is 0 Å². The highest BCUT2D eigenvalue weighted by Crippen LogP contribution is 2.31. The number of aromatic nitrogens is 2. The quantitative estimate of drug-likeness (QED) is 0.579. The van der Waals surface area contributed by atoms with Crippen LogP contribution in [0.4, 0.5) is 0 Å². The number of rotatable bonds is 3. The van der Waals surface area contributed by atoms with Crippen LogP contribution < -0.4 is 11.2 Å². The van der Waals surface area contributed by atoms with Crippen molar-refractivity contribution < 1.29 is 20.1 Å². The molecule has 9 heteroatoms. The average molecular weight is 355 g/mol. The van der Waals surface area contributed by atoms with Gasteiger partial charge in [0.05, 0.1) is 17.9 Å². The average Bonchev–Trinajstić information content (AvgIpc) is 2.84. The molecule has 0 spiro atoms. The maximum Gasteiger partial charge on any atom is 0.332 e. The van der Waals surface area contributed by atoms with E-state index in [2.05, 4.69) is 4.98 Å². The van der Waals surface area contributed by atoms with Crippen LogP contribution in [0, 0.1) is 0 Å². The lowest BCUT2D eigenvalue weighted by atomic mass is 10.0. The molecule has 2 heterocycles. The third-order valence-corrected chi connectivity index (χ3v) is 4.18. The van der Waals surface area contributed by atoms with E-state index in [1.165, 1.54) is 10.8 Å². The van der Waals surface area contributed by atoms with E-state index >= 15 is 0 Å². The Kier molecular flexibility index (Phi) is 4.57. The predicted molar refractivity (Wildman–Crippen MR) is 84.4 cm³/mol. The van der Waals surface area contributed by atoms with Gasteiger partial charge in [0.1, 0.15) is 24.4 Å². The Balaban J connectivity index is 2.07. The molecular formula is C15H15ClN2O6. The maximum atomic E-state index is 12.1. The van der Waals surface area contributed by atoms with Gasteiger partial charge in [0.25, 0.3) is 5.56 Å². The number of halogens is 1. The van der Waals surface area contributed by atoms with Crippen molar-refractivity contribution in [3.05, 3.63) is 61.9 Å². The number of aliphatic hydroxyl groups excluding tert-OH is 3. The van der Waals surface area contributed by atoms with Crippen molar-refractivity contribution in [2.24, 2.45) is 0 Å². The van der Waals surface area contributed by atoms with Gasteiger partial charge in [-0.05, 0) is 24.3 Å². The van der Waals surface area contributed by atoms with Crippen molar-refractivity contribution in [2.75, 3.05) is 6.61 Å². The molecule has 1 saturated heterocycles. The molecule has 2 aromatic rings. The Bertz CT molecular complexity index is 846. The Morgan fingerprint density at radius 1 is 1.17 bits per heavy atom. The van der Waals surface area contributed by atoms with Crippen molar-refractivity contribution >= 4 is 11.6 Å². The summed E-state index contributed by atoms with van der Waals surface area (Å²) in [5.41, 5.74) is -0.987. The fraction of sp³-hybridized carbons (Fsp3) is 0.333. The van der Waals surface area contributed by atoms with E-state index in [9.17, 15) is 19.8 Å². The summed E-state index contributed by atoms with van der Waals surface area (Å²) in [6, 6.07) is 6.34. The predicted octanol–water partition coefficient (Wildman–Crippen LogP) is -0.667. The number of aromatic amines is 1. The number of aliphatic hydroxyl groups is 3. The molecule has 3 rings (SSSR count). The molecule has 0 amide bonds. The molecule has 24 heavy (non-hydrogen) atoms. The summed E-state index contributed by atoms with van der Waals surface area (Å²) in [5, 5.41) is 29.5. The van der Waals surface area contributed by atoms with Crippen LogP contribution in [0.2, 0.25) is 5.02 Å². The van der Waals surface area contributed by atoms with Gasteiger partial charge in [-0.15, -0.1) is 0 Å². The highest BCUT2D eigenvalue weighted by Gasteiger charge is 2.44. The fourth-order valence-corrected chi connectivity index (χ4v) is 2.76. The Hall–Kier alpha value is -1.97. The van der Waals surface area contributed by atoms with E-state index in [4.69, 9.17) is 21.4 Å². The van der Waals surface area contributed by atoms with Gasteiger partial charge in [-0.25, -0.2) is 4.79 Å². The molecule has 4 N–H and O–H groups in total. The van der Waals surface area contributed by atoms with Gasteiger partial charge in [0.15, 0.2) is 0 Å². The van der Waals surface area contributed by atoms with Gasteiger partial charge in [0, 0.05) is 11.2 Å². The molecule has 1 aromatic heterocycles. The van der Waals surface area contributed by atoms with Gasteiger partial charge < -0.3 is 20.1 Å². The van der Waals surface area contributed by atoms with Crippen LogP contribution >= 0.6 is 11.6 Å². The molecule has 4 atom stereocenters. The van der Waals surface area contributed by atoms with Crippen molar-refractivity contribution in [3.63, 3.8) is 0 Å². The molecule has 0 aliphatic carbocycles. The molecule has 0 saturated carbocycles. The first-order valence-corrected chi connectivity index (χ1v) is 7.54. The summed E-state index contributed by atoms with van der Waals surface area (Å²) < 4.78 is 6.51. The SMILES string of the molecule is O=c1[nH]c(=O)n(-c2ccc(Cl)cc2)cc1[C@@H]1O[C@H](CO)[C@@H](O)[C@H]1O. The van der Waals surface area contributed by atoms with E-state index < -0.39 is 42.3 Å². The van der Waals surface area contributed by atoms with Crippen molar-refractivity contribution in [3.8, 4) is 5.69 Å². The molecule has 1 aromatic carbocycles. The first-order chi connectivity index (χ1) is 11.4. The minimum absolute atomic E-state index is 0.0351. The van der Waals surface area contributed by atoms with E-state index in [0.29, 0.717) is 10.7 Å². The molecular weight excluding hydrogens is 340 g/mol. The summed E-state index contributed by atoms with van der Waals surface area (Å²) in [6.07, 6.45) is -3.68. The third kappa shape index (κ3) is 2.90. The van der Waals surface area contributed by atoms with Crippen LogP contribution in [-0.2, 0) is 4.74 Å². The van der Waals surface area contributed by atoms with Crippen molar-refractivity contribution in [1.82, 2.24) is 9.55 Å². The minimum Gasteiger partial charge on any atom is -0.394 e. The topological polar surface area (TPSA) is 125 Å². The van der Waals surface area contributed by atoms with Crippen molar-refractivity contribution in [2.45, 2.75) is 24.4 Å². The lowest BCUT2D eigenvalue weighted by Gasteiger charge is -2.15. The number of benzene rings is 1. The van der Waals surface area contributed by atoms with Gasteiger partial charge >= 0.3 is 5.69 Å². The molecule has 0 radical (unpaired) electrons. The zero-order valence-corrected chi connectivity index (χ0v) is 13.1. The van der Waals surface area contributed by atoms with Crippen LogP contribution in [0.15, 0.2) is 40.1 Å². The Labute approximate surface area is 140 Å². The molecule has 0 unspecified atom stereocenters. The number of nitrogens with zero attached hydrogens (tertiary/aromatic N) is 1. The van der Waals surface area contributed by atoms with Gasteiger partial charge in [0.2, 0.25) is 0 Å². The summed E-state index contributed by atoms with van der Waals surface area (Å²) >= 11 is 5.82. The number of hydrogen-bond acceptors (Lipinski definition) is 6. The summed E-state index contributed by atoms with van der Waals surface area (Å²) in [7, 11) is 0. The van der Waals surface area contributed by atoms with E-state index in [0.717, 1.165) is 0 Å². The highest BCUT2D eigenvalue weighted by atomic mass is 35.5. The second-order valence-corrected chi connectivity index (χ2v) is 5.89. The highest BCUT2D eigenvalue weighted by molar-refractivity contribution is 6.30. The van der Waals surface area contributed by atoms with Gasteiger partial charge in [-0.1, -0.05) is 11.6 Å². The van der Waals surface area contributed by atoms with Crippen molar-refractivity contribution in [1.29, 1.82) is 0 Å². The molecule has 1 aliphatic heterocycles. The second kappa shape index (κ2) is 6.50. The van der Waals surface area contributed by atoms with Gasteiger partial charge in [-0.3, -0.25) is 14.3 Å². The summed E-state index contributed by atoms with van der Waals surface area (Å²) in [6.45, 7) is -0.510. The monoisotopic (exact) mass is 354 g/mol. The number of nitrogens with one attached hydrogen (secondary N) is 1. The number of ether oxygens (including phenoxy) is 1. The first-order valence-electron chi connectivity index (χ1n) is 7.16. The van der Waals surface area contributed by atoms with Crippen LogP contribution in [0.1, 0.15) is 11.7 Å². The summed E-state index contributed by atoms with van der Waals surface area (Å²) in [4.78, 5) is 26.3. The fourth-order valence-electron chi connectivity index (χ4n) is 2.64. The third-order valence-electron chi connectivity index (χ3n) is 3.92. The second-order valence-electron chi connectivity index (χ2n) is 5.45. The smallest absolute Gasteiger partial charge is 0.332 e. The maximum absolute atomic E-state index is 12.1. The van der Waals surface area contributed by atoms with E-state index in [1.54, 1.807) is 24.3 Å². The number of H-pyrrole nitrogens is 1.